The molecule has 7 heteroatoms. The van der Waals surface area contributed by atoms with Crippen molar-refractivity contribution in [3.8, 4) is 5.75 Å². The molecule has 0 aromatic heterocycles. The molecule has 2 aromatic rings. The van der Waals surface area contributed by atoms with E-state index in [4.69, 9.17) is 4.74 Å². The Morgan fingerprint density at radius 1 is 1.07 bits per heavy atom. The molecule has 1 heterocycles. The van der Waals surface area contributed by atoms with Crippen LogP contribution in [-0.2, 0) is 14.8 Å². The minimum atomic E-state index is -3.69. The van der Waals surface area contributed by atoms with Gasteiger partial charge in [0.15, 0.2) is 0 Å². The zero-order valence-electron chi connectivity index (χ0n) is 16.2. The molecule has 0 unspecified atom stereocenters. The van der Waals surface area contributed by atoms with E-state index in [-0.39, 0.29) is 10.8 Å². The van der Waals surface area contributed by atoms with Gasteiger partial charge < -0.3 is 10.1 Å². The number of carbonyl (C=O) groups excluding carboxylic acids is 1. The topological polar surface area (TPSA) is 75.7 Å². The maximum absolute atomic E-state index is 12.9. The Morgan fingerprint density at radius 2 is 1.68 bits per heavy atom. The third-order valence-corrected chi connectivity index (χ3v) is 6.75. The zero-order valence-corrected chi connectivity index (χ0v) is 17.0. The standard InChI is InChI=1S/C21H26N2O4S/c1-16-5-9-18(10-6-16)27-15-13-22-21(24)20-4-3-14-23(20)28(25,26)19-11-7-17(2)8-12-19/h5-12,20H,3-4,13-15H2,1-2H3,(H,22,24)/t20-/m0/s1. The normalized spacial score (nSPS) is 17.4. The van der Waals surface area contributed by atoms with Gasteiger partial charge in [0, 0.05) is 6.54 Å². The van der Waals surface area contributed by atoms with E-state index < -0.39 is 16.1 Å². The number of amides is 1. The second kappa shape index (κ2) is 8.75. The van der Waals surface area contributed by atoms with Gasteiger partial charge in [-0.25, -0.2) is 8.42 Å². The van der Waals surface area contributed by atoms with Gasteiger partial charge in [0.25, 0.3) is 0 Å². The van der Waals surface area contributed by atoms with Crippen molar-refractivity contribution in [2.75, 3.05) is 19.7 Å². The first-order valence-electron chi connectivity index (χ1n) is 9.43. The fourth-order valence-corrected chi connectivity index (χ4v) is 4.89. The van der Waals surface area contributed by atoms with Gasteiger partial charge in [-0.15, -0.1) is 0 Å². The van der Waals surface area contributed by atoms with Crippen LogP contribution in [0.3, 0.4) is 0 Å². The Balaban J connectivity index is 1.56. The van der Waals surface area contributed by atoms with Crippen molar-refractivity contribution < 1.29 is 17.9 Å². The van der Waals surface area contributed by atoms with Crippen LogP contribution in [0.4, 0.5) is 0 Å². The van der Waals surface area contributed by atoms with E-state index in [1.165, 1.54) is 4.31 Å². The zero-order chi connectivity index (χ0) is 20.1. The second-order valence-electron chi connectivity index (χ2n) is 7.04. The van der Waals surface area contributed by atoms with Crippen LogP contribution in [0.15, 0.2) is 53.4 Å². The molecule has 1 saturated heterocycles. The number of carbonyl (C=O) groups is 1. The van der Waals surface area contributed by atoms with Gasteiger partial charge in [-0.05, 0) is 51.0 Å². The van der Waals surface area contributed by atoms with Crippen LogP contribution in [0, 0.1) is 13.8 Å². The molecule has 0 aliphatic carbocycles. The van der Waals surface area contributed by atoms with Gasteiger partial charge in [-0.2, -0.15) is 4.31 Å². The number of nitrogens with one attached hydrogen (secondary N) is 1. The predicted octanol–water partition coefficient (Wildman–Crippen LogP) is 2.65. The molecule has 3 rings (SSSR count). The molecule has 1 N–H and O–H groups in total. The van der Waals surface area contributed by atoms with Crippen LogP contribution in [0.2, 0.25) is 0 Å². The first-order valence-corrected chi connectivity index (χ1v) is 10.9. The van der Waals surface area contributed by atoms with Crippen LogP contribution in [0.5, 0.6) is 5.75 Å². The van der Waals surface area contributed by atoms with Crippen LogP contribution < -0.4 is 10.1 Å². The third-order valence-electron chi connectivity index (χ3n) is 4.82. The number of hydrogen-bond acceptors (Lipinski definition) is 4. The molecular formula is C21H26N2O4S. The van der Waals surface area contributed by atoms with Crippen molar-refractivity contribution >= 4 is 15.9 Å². The summed E-state index contributed by atoms with van der Waals surface area (Å²) in [7, 11) is -3.69. The Morgan fingerprint density at radius 3 is 2.32 bits per heavy atom. The van der Waals surface area contributed by atoms with Gasteiger partial charge in [-0.1, -0.05) is 35.4 Å². The lowest BCUT2D eigenvalue weighted by molar-refractivity contribution is -0.124. The van der Waals surface area contributed by atoms with E-state index >= 15 is 0 Å². The second-order valence-corrected chi connectivity index (χ2v) is 8.93. The highest BCUT2D eigenvalue weighted by Gasteiger charge is 2.39. The van der Waals surface area contributed by atoms with Crippen LogP contribution >= 0.6 is 0 Å². The number of nitrogens with zero attached hydrogens (tertiary/aromatic N) is 1. The summed E-state index contributed by atoms with van der Waals surface area (Å²) in [6.07, 6.45) is 1.19. The lowest BCUT2D eigenvalue weighted by Gasteiger charge is -2.23. The Hall–Kier alpha value is -2.38. The highest BCUT2D eigenvalue weighted by molar-refractivity contribution is 7.89. The van der Waals surface area contributed by atoms with E-state index in [0.29, 0.717) is 32.5 Å². The smallest absolute Gasteiger partial charge is 0.243 e. The van der Waals surface area contributed by atoms with Gasteiger partial charge in [0.2, 0.25) is 15.9 Å². The number of rotatable bonds is 7. The highest BCUT2D eigenvalue weighted by Crippen LogP contribution is 2.26. The maximum Gasteiger partial charge on any atom is 0.243 e. The van der Waals surface area contributed by atoms with Gasteiger partial charge in [-0.3, -0.25) is 4.79 Å². The molecule has 150 valence electrons. The summed E-state index contributed by atoms with van der Waals surface area (Å²) in [6, 6.07) is 13.7. The van der Waals surface area contributed by atoms with E-state index in [0.717, 1.165) is 16.9 Å². The predicted molar refractivity (Wildman–Crippen MR) is 108 cm³/mol. The molecule has 1 aliphatic rings. The lowest BCUT2D eigenvalue weighted by atomic mass is 10.2. The summed E-state index contributed by atoms with van der Waals surface area (Å²) >= 11 is 0. The average molecular weight is 403 g/mol. The quantitative estimate of drug-likeness (QED) is 0.723. The maximum atomic E-state index is 12.9. The Kier molecular flexibility index (Phi) is 6.36. The molecule has 0 saturated carbocycles. The number of sulfonamides is 1. The number of aryl methyl sites for hydroxylation is 2. The number of ether oxygens (including phenoxy) is 1. The SMILES string of the molecule is Cc1ccc(OCCNC(=O)[C@@H]2CCCN2S(=O)(=O)c2ccc(C)cc2)cc1. The van der Waals surface area contributed by atoms with Crippen molar-refractivity contribution in [1.29, 1.82) is 0 Å². The summed E-state index contributed by atoms with van der Waals surface area (Å²) < 4.78 is 32.8. The Bertz CT molecular complexity index is 908. The first kappa shape index (κ1) is 20.4. The number of benzene rings is 2. The van der Waals surface area contributed by atoms with Crippen molar-refractivity contribution in [3.05, 3.63) is 59.7 Å². The minimum absolute atomic E-state index is 0.223. The average Bonchev–Trinajstić information content (AvgIpc) is 3.18. The van der Waals surface area contributed by atoms with Gasteiger partial charge in [0.05, 0.1) is 11.4 Å². The monoisotopic (exact) mass is 402 g/mol. The molecule has 0 radical (unpaired) electrons. The third kappa shape index (κ3) is 4.72. The molecule has 2 aromatic carbocycles. The lowest BCUT2D eigenvalue weighted by Crippen LogP contribution is -2.46. The summed E-state index contributed by atoms with van der Waals surface area (Å²) in [5, 5.41) is 2.80. The summed E-state index contributed by atoms with van der Waals surface area (Å²) in [4.78, 5) is 12.8. The van der Waals surface area contributed by atoms with Crippen molar-refractivity contribution in [2.24, 2.45) is 0 Å². The van der Waals surface area contributed by atoms with Crippen molar-refractivity contribution in [2.45, 2.75) is 37.6 Å². The van der Waals surface area contributed by atoms with Crippen LogP contribution in [0.25, 0.3) is 0 Å². The molecule has 28 heavy (non-hydrogen) atoms. The van der Waals surface area contributed by atoms with Crippen LogP contribution in [0.1, 0.15) is 24.0 Å². The van der Waals surface area contributed by atoms with Crippen molar-refractivity contribution in [3.63, 3.8) is 0 Å². The highest BCUT2D eigenvalue weighted by atomic mass is 32.2. The summed E-state index contributed by atoms with van der Waals surface area (Å²) in [5.74, 6) is 0.463. The first-order chi connectivity index (χ1) is 13.4. The molecule has 1 fully saturated rings. The molecule has 1 aliphatic heterocycles. The van der Waals surface area contributed by atoms with E-state index in [2.05, 4.69) is 5.32 Å². The number of hydrogen-bond donors (Lipinski definition) is 1. The van der Waals surface area contributed by atoms with Crippen molar-refractivity contribution in [1.82, 2.24) is 9.62 Å². The fourth-order valence-electron chi connectivity index (χ4n) is 3.23. The van der Waals surface area contributed by atoms with Crippen LogP contribution in [-0.4, -0.2) is 44.4 Å². The fraction of sp³-hybridized carbons (Fsp3) is 0.381. The van der Waals surface area contributed by atoms with E-state index in [1.54, 1.807) is 24.3 Å². The minimum Gasteiger partial charge on any atom is -0.492 e. The van der Waals surface area contributed by atoms with E-state index in [9.17, 15) is 13.2 Å². The van der Waals surface area contributed by atoms with Gasteiger partial charge in [0.1, 0.15) is 18.4 Å². The molecule has 1 amide bonds. The van der Waals surface area contributed by atoms with E-state index in [1.807, 2.05) is 38.1 Å². The van der Waals surface area contributed by atoms with Gasteiger partial charge >= 0.3 is 0 Å². The molecule has 1 atom stereocenters. The molecule has 0 spiro atoms. The molecule has 0 bridgehead atoms. The molecule has 6 nitrogen and oxygen atoms in total. The largest absolute Gasteiger partial charge is 0.492 e. The summed E-state index contributed by atoms with van der Waals surface area (Å²) in [5.41, 5.74) is 2.14. The Labute approximate surface area is 166 Å². The molecular weight excluding hydrogens is 376 g/mol. The summed E-state index contributed by atoms with van der Waals surface area (Å²) in [6.45, 7) is 4.91.